The molecule has 0 bridgehead atoms. The predicted molar refractivity (Wildman–Crippen MR) is 50.1 cm³/mol. The Labute approximate surface area is 73.2 Å². The SMILES string of the molecule is N=C(N)C1CNCCC1CCN. The fraction of sp³-hybridized carbons (Fsp3) is 0.875. The van der Waals surface area contributed by atoms with Crippen LogP contribution in [0.1, 0.15) is 12.8 Å². The number of hydrogen-bond acceptors (Lipinski definition) is 3. The largest absolute Gasteiger partial charge is 0.387 e. The van der Waals surface area contributed by atoms with Crippen LogP contribution in [-0.2, 0) is 0 Å². The van der Waals surface area contributed by atoms with Crippen molar-refractivity contribution < 1.29 is 0 Å². The first-order valence-corrected chi connectivity index (χ1v) is 4.50. The van der Waals surface area contributed by atoms with E-state index in [1.807, 2.05) is 0 Å². The number of rotatable bonds is 3. The molecule has 2 atom stereocenters. The van der Waals surface area contributed by atoms with Crippen LogP contribution >= 0.6 is 0 Å². The third-order valence-electron chi connectivity index (χ3n) is 2.56. The fourth-order valence-electron chi connectivity index (χ4n) is 1.84. The monoisotopic (exact) mass is 170 g/mol. The molecule has 70 valence electrons. The zero-order valence-electron chi connectivity index (χ0n) is 7.34. The van der Waals surface area contributed by atoms with Gasteiger partial charge in [-0.15, -0.1) is 0 Å². The molecule has 0 amide bonds. The summed E-state index contributed by atoms with van der Waals surface area (Å²) in [6.45, 7) is 2.59. The number of amidine groups is 1. The molecule has 0 aromatic heterocycles. The van der Waals surface area contributed by atoms with Crippen molar-refractivity contribution >= 4 is 5.84 Å². The lowest BCUT2D eigenvalue weighted by Gasteiger charge is -2.30. The molecule has 2 unspecified atom stereocenters. The molecule has 0 aromatic rings. The summed E-state index contributed by atoms with van der Waals surface area (Å²) in [7, 11) is 0. The zero-order chi connectivity index (χ0) is 8.97. The summed E-state index contributed by atoms with van der Waals surface area (Å²) in [5.41, 5.74) is 11.0. The van der Waals surface area contributed by atoms with E-state index in [9.17, 15) is 0 Å². The molecule has 1 fully saturated rings. The maximum absolute atomic E-state index is 7.39. The maximum Gasteiger partial charge on any atom is 0.0952 e. The van der Waals surface area contributed by atoms with E-state index in [0.717, 1.165) is 25.9 Å². The van der Waals surface area contributed by atoms with E-state index in [2.05, 4.69) is 5.32 Å². The highest BCUT2D eigenvalue weighted by atomic mass is 14.9. The fourth-order valence-corrected chi connectivity index (χ4v) is 1.84. The molecule has 1 heterocycles. The van der Waals surface area contributed by atoms with Crippen LogP contribution in [0, 0.1) is 17.2 Å². The second kappa shape index (κ2) is 4.42. The van der Waals surface area contributed by atoms with Gasteiger partial charge in [-0.25, -0.2) is 0 Å². The highest BCUT2D eigenvalue weighted by Crippen LogP contribution is 2.21. The molecule has 4 nitrogen and oxygen atoms in total. The van der Waals surface area contributed by atoms with E-state index in [-0.39, 0.29) is 5.92 Å². The summed E-state index contributed by atoms with van der Waals surface area (Å²) >= 11 is 0. The summed E-state index contributed by atoms with van der Waals surface area (Å²) in [5.74, 6) is 1.04. The van der Waals surface area contributed by atoms with Crippen molar-refractivity contribution in [2.24, 2.45) is 23.3 Å². The third-order valence-corrected chi connectivity index (χ3v) is 2.56. The third kappa shape index (κ3) is 2.19. The first kappa shape index (κ1) is 9.48. The lowest BCUT2D eigenvalue weighted by Crippen LogP contribution is -2.43. The highest BCUT2D eigenvalue weighted by Gasteiger charge is 2.26. The van der Waals surface area contributed by atoms with Crippen LogP contribution in [0.4, 0.5) is 0 Å². The number of hydrogen-bond donors (Lipinski definition) is 4. The topological polar surface area (TPSA) is 87.9 Å². The van der Waals surface area contributed by atoms with Crippen LogP contribution in [0.25, 0.3) is 0 Å². The Balaban J connectivity index is 2.48. The van der Waals surface area contributed by atoms with Crippen molar-refractivity contribution in [3.05, 3.63) is 0 Å². The van der Waals surface area contributed by atoms with Gasteiger partial charge in [-0.2, -0.15) is 0 Å². The Bertz CT molecular complexity index is 155. The summed E-state index contributed by atoms with van der Waals surface area (Å²) in [4.78, 5) is 0. The molecule has 0 spiro atoms. The van der Waals surface area contributed by atoms with Gasteiger partial charge in [-0.05, 0) is 31.8 Å². The molecule has 1 aliphatic rings. The Morgan fingerprint density at radius 3 is 2.92 bits per heavy atom. The number of piperidine rings is 1. The maximum atomic E-state index is 7.39. The minimum absolute atomic E-state index is 0.210. The van der Waals surface area contributed by atoms with Gasteiger partial charge in [0, 0.05) is 12.5 Å². The van der Waals surface area contributed by atoms with Gasteiger partial charge in [-0.1, -0.05) is 0 Å². The highest BCUT2D eigenvalue weighted by molar-refractivity contribution is 5.80. The van der Waals surface area contributed by atoms with Gasteiger partial charge in [0.15, 0.2) is 0 Å². The van der Waals surface area contributed by atoms with E-state index in [4.69, 9.17) is 16.9 Å². The Morgan fingerprint density at radius 2 is 2.33 bits per heavy atom. The standard InChI is InChI=1S/C8H18N4/c9-3-1-6-2-4-12-5-7(6)8(10)11/h6-7,12H,1-5,9H2,(H3,10,11). The molecule has 1 aliphatic heterocycles. The van der Waals surface area contributed by atoms with Crippen LogP contribution < -0.4 is 16.8 Å². The van der Waals surface area contributed by atoms with E-state index in [1.165, 1.54) is 0 Å². The Morgan fingerprint density at radius 1 is 1.58 bits per heavy atom. The predicted octanol–water partition coefficient (Wildman–Crippen LogP) is -0.503. The van der Waals surface area contributed by atoms with E-state index >= 15 is 0 Å². The van der Waals surface area contributed by atoms with Gasteiger partial charge in [0.25, 0.3) is 0 Å². The van der Waals surface area contributed by atoms with Crippen molar-refractivity contribution in [2.45, 2.75) is 12.8 Å². The van der Waals surface area contributed by atoms with E-state index in [0.29, 0.717) is 18.3 Å². The minimum Gasteiger partial charge on any atom is -0.387 e. The number of nitrogens with one attached hydrogen (secondary N) is 2. The minimum atomic E-state index is 0.210. The van der Waals surface area contributed by atoms with Crippen molar-refractivity contribution in [3.8, 4) is 0 Å². The van der Waals surface area contributed by atoms with Crippen LogP contribution in [0.3, 0.4) is 0 Å². The van der Waals surface area contributed by atoms with Gasteiger partial charge in [0.2, 0.25) is 0 Å². The van der Waals surface area contributed by atoms with Crippen molar-refractivity contribution in [2.75, 3.05) is 19.6 Å². The lowest BCUT2D eigenvalue weighted by atomic mass is 9.83. The summed E-state index contributed by atoms with van der Waals surface area (Å²) in [6, 6.07) is 0. The smallest absolute Gasteiger partial charge is 0.0952 e. The number of nitrogens with two attached hydrogens (primary N) is 2. The molecule has 0 radical (unpaired) electrons. The van der Waals surface area contributed by atoms with Crippen molar-refractivity contribution in [1.82, 2.24) is 5.32 Å². The van der Waals surface area contributed by atoms with Gasteiger partial charge in [0.05, 0.1) is 5.84 Å². The molecule has 1 saturated heterocycles. The molecule has 1 rings (SSSR count). The quantitative estimate of drug-likeness (QED) is 0.340. The molecule has 0 aromatic carbocycles. The molecular formula is C8H18N4. The molecular weight excluding hydrogens is 152 g/mol. The van der Waals surface area contributed by atoms with E-state index < -0.39 is 0 Å². The lowest BCUT2D eigenvalue weighted by molar-refractivity contribution is 0.302. The first-order chi connectivity index (χ1) is 5.75. The van der Waals surface area contributed by atoms with Crippen LogP contribution in [0.15, 0.2) is 0 Å². The van der Waals surface area contributed by atoms with Gasteiger partial charge >= 0.3 is 0 Å². The summed E-state index contributed by atoms with van der Waals surface area (Å²) in [6.07, 6.45) is 2.09. The molecule has 0 aliphatic carbocycles. The molecule has 0 saturated carbocycles. The second-order valence-electron chi connectivity index (χ2n) is 3.39. The normalized spacial score (nSPS) is 30.1. The first-order valence-electron chi connectivity index (χ1n) is 4.50. The van der Waals surface area contributed by atoms with Crippen LogP contribution in [-0.4, -0.2) is 25.5 Å². The van der Waals surface area contributed by atoms with Gasteiger partial charge < -0.3 is 16.8 Å². The molecule has 6 N–H and O–H groups in total. The zero-order valence-corrected chi connectivity index (χ0v) is 7.34. The Kier molecular flexibility index (Phi) is 3.49. The van der Waals surface area contributed by atoms with Crippen molar-refractivity contribution in [3.63, 3.8) is 0 Å². The summed E-state index contributed by atoms with van der Waals surface area (Å²) < 4.78 is 0. The summed E-state index contributed by atoms with van der Waals surface area (Å²) in [5, 5.41) is 10.6. The molecule has 4 heteroatoms. The van der Waals surface area contributed by atoms with Crippen LogP contribution in [0.2, 0.25) is 0 Å². The van der Waals surface area contributed by atoms with E-state index in [1.54, 1.807) is 0 Å². The average Bonchev–Trinajstić information content (AvgIpc) is 2.05. The van der Waals surface area contributed by atoms with Crippen LogP contribution in [0.5, 0.6) is 0 Å². The second-order valence-corrected chi connectivity index (χ2v) is 3.39. The Hall–Kier alpha value is -0.610. The van der Waals surface area contributed by atoms with Crippen molar-refractivity contribution in [1.29, 1.82) is 5.41 Å². The average molecular weight is 170 g/mol. The molecule has 12 heavy (non-hydrogen) atoms. The van der Waals surface area contributed by atoms with Gasteiger partial charge in [0.1, 0.15) is 0 Å². The van der Waals surface area contributed by atoms with Gasteiger partial charge in [-0.3, -0.25) is 5.41 Å².